The van der Waals surface area contributed by atoms with Crippen LogP contribution in [0.25, 0.3) is 0 Å². The monoisotopic (exact) mass is 257 g/mol. The number of rotatable bonds is 8. The molecule has 0 aromatic rings. The van der Waals surface area contributed by atoms with Crippen LogP contribution in [-0.2, 0) is 4.79 Å². The molecule has 0 aromatic heterocycles. The van der Waals surface area contributed by atoms with Crippen LogP contribution in [-0.4, -0.2) is 42.0 Å². The molecule has 1 amide bonds. The Kier molecular flexibility index (Phi) is 6.86. The standard InChI is InChI=1S/C14H31N3O/c1-10(2)8-12(5)17(7)9-14(6,13(15)18)16-11(3)4/h10-12,16H,8-9H2,1-7H3,(H2,15,18). The third-order valence-corrected chi connectivity index (χ3v) is 3.28. The second kappa shape index (κ2) is 7.10. The minimum atomic E-state index is -0.672. The van der Waals surface area contributed by atoms with E-state index in [4.69, 9.17) is 5.73 Å². The zero-order chi connectivity index (χ0) is 14.5. The Hall–Kier alpha value is -0.610. The van der Waals surface area contributed by atoms with Gasteiger partial charge in [-0.3, -0.25) is 4.79 Å². The van der Waals surface area contributed by atoms with Crippen LogP contribution in [0.15, 0.2) is 0 Å². The average molecular weight is 257 g/mol. The summed E-state index contributed by atoms with van der Waals surface area (Å²) in [5.74, 6) is 0.361. The van der Waals surface area contributed by atoms with Gasteiger partial charge in [0.2, 0.25) is 5.91 Å². The number of hydrogen-bond donors (Lipinski definition) is 2. The fourth-order valence-electron chi connectivity index (χ4n) is 2.35. The van der Waals surface area contributed by atoms with Gasteiger partial charge in [-0.2, -0.15) is 0 Å². The van der Waals surface area contributed by atoms with E-state index in [-0.39, 0.29) is 11.9 Å². The fraction of sp³-hybridized carbons (Fsp3) is 0.929. The van der Waals surface area contributed by atoms with Crippen molar-refractivity contribution in [3.63, 3.8) is 0 Å². The Morgan fingerprint density at radius 1 is 1.28 bits per heavy atom. The van der Waals surface area contributed by atoms with Gasteiger partial charge in [-0.25, -0.2) is 0 Å². The van der Waals surface area contributed by atoms with Crippen LogP contribution in [0.4, 0.5) is 0 Å². The van der Waals surface area contributed by atoms with E-state index >= 15 is 0 Å². The first-order valence-corrected chi connectivity index (χ1v) is 6.86. The quantitative estimate of drug-likeness (QED) is 0.694. The average Bonchev–Trinajstić information content (AvgIpc) is 2.14. The van der Waals surface area contributed by atoms with Gasteiger partial charge in [-0.1, -0.05) is 13.8 Å². The lowest BCUT2D eigenvalue weighted by Gasteiger charge is -2.36. The Labute approximate surface area is 112 Å². The van der Waals surface area contributed by atoms with Crippen molar-refractivity contribution in [1.29, 1.82) is 0 Å². The zero-order valence-electron chi connectivity index (χ0n) is 13.1. The van der Waals surface area contributed by atoms with Crippen molar-refractivity contribution in [2.75, 3.05) is 13.6 Å². The molecule has 0 heterocycles. The van der Waals surface area contributed by atoms with E-state index in [2.05, 4.69) is 38.0 Å². The largest absolute Gasteiger partial charge is 0.368 e. The number of amides is 1. The predicted molar refractivity (Wildman–Crippen MR) is 77.4 cm³/mol. The first-order valence-electron chi connectivity index (χ1n) is 6.86. The van der Waals surface area contributed by atoms with Gasteiger partial charge < -0.3 is 16.0 Å². The summed E-state index contributed by atoms with van der Waals surface area (Å²) in [6, 6.07) is 0.675. The third kappa shape index (κ3) is 5.83. The van der Waals surface area contributed by atoms with Crippen LogP contribution in [0.1, 0.15) is 48.0 Å². The van der Waals surface area contributed by atoms with Crippen molar-refractivity contribution in [1.82, 2.24) is 10.2 Å². The van der Waals surface area contributed by atoms with Crippen molar-refractivity contribution in [3.8, 4) is 0 Å². The zero-order valence-corrected chi connectivity index (χ0v) is 13.1. The maximum absolute atomic E-state index is 11.7. The van der Waals surface area contributed by atoms with Gasteiger partial charge in [0.15, 0.2) is 0 Å². The molecule has 4 heteroatoms. The van der Waals surface area contributed by atoms with Crippen LogP contribution in [0, 0.1) is 5.92 Å². The van der Waals surface area contributed by atoms with Crippen LogP contribution in [0.2, 0.25) is 0 Å². The summed E-state index contributed by atoms with van der Waals surface area (Å²) < 4.78 is 0. The van der Waals surface area contributed by atoms with Crippen molar-refractivity contribution in [2.24, 2.45) is 11.7 Å². The highest BCUT2D eigenvalue weighted by molar-refractivity contribution is 5.84. The number of nitrogens with one attached hydrogen (secondary N) is 1. The Morgan fingerprint density at radius 3 is 2.11 bits per heavy atom. The van der Waals surface area contributed by atoms with E-state index in [1.165, 1.54) is 0 Å². The van der Waals surface area contributed by atoms with Gasteiger partial charge in [-0.15, -0.1) is 0 Å². The summed E-state index contributed by atoms with van der Waals surface area (Å²) in [7, 11) is 2.05. The summed E-state index contributed by atoms with van der Waals surface area (Å²) in [4.78, 5) is 13.9. The second-order valence-corrected chi connectivity index (χ2v) is 6.39. The van der Waals surface area contributed by atoms with Crippen LogP contribution in [0.5, 0.6) is 0 Å². The Bertz CT molecular complexity index is 266. The van der Waals surface area contributed by atoms with Gasteiger partial charge in [0.1, 0.15) is 5.54 Å². The van der Waals surface area contributed by atoms with Crippen molar-refractivity contribution >= 4 is 5.91 Å². The van der Waals surface area contributed by atoms with E-state index in [9.17, 15) is 4.79 Å². The maximum atomic E-state index is 11.7. The molecule has 0 aliphatic rings. The number of nitrogens with zero attached hydrogens (tertiary/aromatic N) is 1. The first-order chi connectivity index (χ1) is 8.08. The van der Waals surface area contributed by atoms with Crippen molar-refractivity contribution in [2.45, 2.75) is 65.6 Å². The van der Waals surface area contributed by atoms with E-state index in [0.717, 1.165) is 6.42 Å². The molecule has 0 bridgehead atoms. The molecule has 2 atom stereocenters. The summed E-state index contributed by atoms with van der Waals surface area (Å²) in [6.07, 6.45) is 1.12. The summed E-state index contributed by atoms with van der Waals surface area (Å²) >= 11 is 0. The van der Waals surface area contributed by atoms with Gasteiger partial charge >= 0.3 is 0 Å². The van der Waals surface area contributed by atoms with Crippen LogP contribution >= 0.6 is 0 Å². The van der Waals surface area contributed by atoms with Gasteiger partial charge in [0.05, 0.1) is 0 Å². The molecule has 3 N–H and O–H groups in total. The molecule has 0 rings (SSSR count). The first kappa shape index (κ1) is 17.4. The van der Waals surface area contributed by atoms with Gasteiger partial charge in [0.25, 0.3) is 0 Å². The van der Waals surface area contributed by atoms with Crippen molar-refractivity contribution < 1.29 is 4.79 Å². The van der Waals surface area contributed by atoms with Crippen molar-refractivity contribution in [3.05, 3.63) is 0 Å². The summed E-state index contributed by atoms with van der Waals surface area (Å²) in [5.41, 5.74) is 4.87. The molecule has 0 fully saturated rings. The molecule has 0 saturated carbocycles. The van der Waals surface area contributed by atoms with E-state index in [1.54, 1.807) is 0 Å². The summed E-state index contributed by atoms with van der Waals surface area (Å²) in [6.45, 7) is 13.2. The van der Waals surface area contributed by atoms with E-state index in [1.807, 2.05) is 20.8 Å². The summed E-state index contributed by atoms with van der Waals surface area (Å²) in [5, 5.41) is 3.28. The minimum absolute atomic E-state index is 0.233. The molecule has 0 radical (unpaired) electrons. The maximum Gasteiger partial charge on any atom is 0.238 e. The smallest absolute Gasteiger partial charge is 0.238 e. The molecule has 0 spiro atoms. The highest BCUT2D eigenvalue weighted by atomic mass is 16.1. The molecule has 0 saturated heterocycles. The topological polar surface area (TPSA) is 58.4 Å². The SMILES string of the molecule is CC(C)CC(C)N(C)CC(C)(NC(C)C)C(N)=O. The number of carbonyl (C=O) groups excluding carboxylic acids is 1. The highest BCUT2D eigenvalue weighted by Gasteiger charge is 2.33. The number of primary amides is 1. The minimum Gasteiger partial charge on any atom is -0.368 e. The number of likely N-dealkylation sites (N-methyl/N-ethyl adjacent to an activating group) is 1. The Balaban J connectivity index is 4.63. The van der Waals surface area contributed by atoms with Gasteiger partial charge in [-0.05, 0) is 47.1 Å². The number of nitrogens with two attached hydrogens (primary N) is 1. The normalized spacial score (nSPS) is 17.2. The lowest BCUT2D eigenvalue weighted by atomic mass is 9.97. The molecular weight excluding hydrogens is 226 g/mol. The van der Waals surface area contributed by atoms with E-state index < -0.39 is 5.54 Å². The molecule has 4 nitrogen and oxygen atoms in total. The molecule has 0 aromatic carbocycles. The highest BCUT2D eigenvalue weighted by Crippen LogP contribution is 2.14. The molecule has 108 valence electrons. The lowest BCUT2D eigenvalue weighted by Crippen LogP contribution is -2.61. The lowest BCUT2D eigenvalue weighted by molar-refractivity contribution is -0.125. The molecule has 0 aliphatic heterocycles. The fourth-order valence-corrected chi connectivity index (χ4v) is 2.35. The van der Waals surface area contributed by atoms with E-state index in [0.29, 0.717) is 18.5 Å². The number of carbonyl (C=O) groups is 1. The van der Waals surface area contributed by atoms with Gasteiger partial charge in [0, 0.05) is 18.6 Å². The van der Waals surface area contributed by atoms with Crippen LogP contribution < -0.4 is 11.1 Å². The molecular formula is C14H31N3O. The molecule has 18 heavy (non-hydrogen) atoms. The van der Waals surface area contributed by atoms with Crippen LogP contribution in [0.3, 0.4) is 0 Å². The second-order valence-electron chi connectivity index (χ2n) is 6.39. The predicted octanol–water partition coefficient (Wildman–Crippen LogP) is 1.59. The molecule has 0 aliphatic carbocycles. The third-order valence-electron chi connectivity index (χ3n) is 3.28. The molecule has 2 unspecified atom stereocenters. The Morgan fingerprint density at radius 2 is 1.78 bits per heavy atom. The number of hydrogen-bond acceptors (Lipinski definition) is 3.